The minimum atomic E-state index is -0.873. The molecule has 144 valence electrons. The molecule has 0 bridgehead atoms. The summed E-state index contributed by atoms with van der Waals surface area (Å²) >= 11 is 1.38. The summed E-state index contributed by atoms with van der Waals surface area (Å²) in [6.45, 7) is 1.81. The molecular formula is C20H17F2N3O2S. The van der Waals surface area contributed by atoms with Crippen molar-refractivity contribution in [2.24, 2.45) is 0 Å². The van der Waals surface area contributed by atoms with Gasteiger partial charge in [-0.2, -0.15) is 0 Å². The Morgan fingerprint density at radius 3 is 2.68 bits per heavy atom. The summed E-state index contributed by atoms with van der Waals surface area (Å²) in [7, 11) is 0. The van der Waals surface area contributed by atoms with Crippen molar-refractivity contribution < 1.29 is 18.4 Å². The number of nitrogens with zero attached hydrogens (tertiary/aromatic N) is 1. The fourth-order valence-electron chi connectivity index (χ4n) is 2.42. The molecule has 1 heterocycles. The molecule has 2 amide bonds. The van der Waals surface area contributed by atoms with E-state index in [1.807, 2.05) is 5.38 Å². The minimum Gasteiger partial charge on any atom is -0.347 e. The average Bonchev–Trinajstić information content (AvgIpc) is 3.13. The second kappa shape index (κ2) is 8.71. The highest BCUT2D eigenvalue weighted by atomic mass is 32.1. The maximum absolute atomic E-state index is 13.5. The van der Waals surface area contributed by atoms with E-state index in [1.165, 1.54) is 35.6 Å². The number of amides is 2. The maximum Gasteiger partial charge on any atom is 0.313 e. The number of carbonyl (C=O) groups excluding carboxylic acids is 2. The molecule has 0 aliphatic carbocycles. The number of hydrogen-bond acceptors (Lipinski definition) is 4. The highest BCUT2D eigenvalue weighted by Crippen LogP contribution is 2.24. The second-order valence-corrected chi connectivity index (χ2v) is 6.94. The van der Waals surface area contributed by atoms with Gasteiger partial charge in [0.25, 0.3) is 0 Å². The van der Waals surface area contributed by atoms with E-state index in [-0.39, 0.29) is 18.0 Å². The Hall–Kier alpha value is -3.13. The van der Waals surface area contributed by atoms with Crippen LogP contribution in [0, 0.1) is 18.6 Å². The van der Waals surface area contributed by atoms with Crippen molar-refractivity contribution in [1.82, 2.24) is 10.3 Å². The zero-order chi connectivity index (χ0) is 20.1. The Labute approximate surface area is 164 Å². The fourth-order valence-corrected chi connectivity index (χ4v) is 3.27. The van der Waals surface area contributed by atoms with E-state index in [0.29, 0.717) is 22.6 Å². The Morgan fingerprint density at radius 2 is 1.93 bits per heavy atom. The molecule has 0 radical (unpaired) electrons. The standard InChI is InChI=1S/C20H17F2N3O2S/c1-12-5-6-15(10-17(12)22)24-19(27)18(26)23-8-7-16-11-28-20(25-16)13-3-2-4-14(21)9-13/h2-6,9-11H,7-8H2,1H3,(H,23,26)(H,24,27). The SMILES string of the molecule is Cc1ccc(NC(=O)C(=O)NCCc2csc(-c3cccc(F)c3)n2)cc1F. The average molecular weight is 401 g/mol. The molecule has 5 nitrogen and oxygen atoms in total. The van der Waals surface area contributed by atoms with Crippen LogP contribution in [-0.4, -0.2) is 23.3 Å². The van der Waals surface area contributed by atoms with Crippen LogP contribution in [0.25, 0.3) is 10.6 Å². The Balaban J connectivity index is 1.50. The lowest BCUT2D eigenvalue weighted by molar-refractivity contribution is -0.136. The van der Waals surface area contributed by atoms with Gasteiger partial charge in [0.1, 0.15) is 16.6 Å². The molecule has 2 N–H and O–H groups in total. The molecule has 28 heavy (non-hydrogen) atoms. The first-order valence-corrected chi connectivity index (χ1v) is 9.36. The zero-order valence-corrected chi connectivity index (χ0v) is 15.8. The van der Waals surface area contributed by atoms with E-state index in [1.54, 1.807) is 19.1 Å². The van der Waals surface area contributed by atoms with Crippen LogP contribution in [0.15, 0.2) is 47.8 Å². The predicted octanol–water partition coefficient (Wildman–Crippen LogP) is 3.69. The number of carbonyl (C=O) groups is 2. The van der Waals surface area contributed by atoms with Gasteiger partial charge in [0.05, 0.1) is 5.69 Å². The number of nitrogens with one attached hydrogen (secondary N) is 2. The predicted molar refractivity (Wildman–Crippen MR) is 104 cm³/mol. The second-order valence-electron chi connectivity index (χ2n) is 6.08. The number of halogens is 2. The maximum atomic E-state index is 13.5. The van der Waals surface area contributed by atoms with Gasteiger partial charge in [-0.25, -0.2) is 13.8 Å². The summed E-state index contributed by atoms with van der Waals surface area (Å²) in [6.07, 6.45) is 0.421. The van der Waals surface area contributed by atoms with E-state index >= 15 is 0 Å². The molecule has 1 aromatic heterocycles. The first kappa shape index (κ1) is 19.6. The van der Waals surface area contributed by atoms with Crippen LogP contribution in [-0.2, 0) is 16.0 Å². The molecule has 3 aromatic rings. The van der Waals surface area contributed by atoms with Crippen LogP contribution < -0.4 is 10.6 Å². The van der Waals surface area contributed by atoms with Gasteiger partial charge in [0.2, 0.25) is 0 Å². The quantitative estimate of drug-likeness (QED) is 0.641. The number of aromatic nitrogens is 1. The summed E-state index contributed by atoms with van der Waals surface area (Å²) in [6, 6.07) is 10.3. The molecule has 2 aromatic carbocycles. The molecule has 0 aliphatic rings. The Morgan fingerprint density at radius 1 is 1.11 bits per heavy atom. The molecule has 0 aliphatic heterocycles. The van der Waals surface area contributed by atoms with E-state index in [9.17, 15) is 18.4 Å². The van der Waals surface area contributed by atoms with Crippen LogP contribution in [0.2, 0.25) is 0 Å². The molecule has 0 fully saturated rings. The van der Waals surface area contributed by atoms with Gasteiger partial charge >= 0.3 is 11.8 Å². The summed E-state index contributed by atoms with van der Waals surface area (Å²) in [5, 5.41) is 7.35. The first-order valence-electron chi connectivity index (χ1n) is 8.48. The molecular weight excluding hydrogens is 384 g/mol. The fraction of sp³-hybridized carbons (Fsp3) is 0.150. The molecule has 0 spiro atoms. The van der Waals surface area contributed by atoms with E-state index in [4.69, 9.17) is 0 Å². The molecule has 3 rings (SSSR count). The largest absolute Gasteiger partial charge is 0.347 e. The number of aryl methyl sites for hydroxylation is 1. The minimum absolute atomic E-state index is 0.209. The topological polar surface area (TPSA) is 71.1 Å². The van der Waals surface area contributed by atoms with Gasteiger partial charge in [-0.15, -0.1) is 11.3 Å². The molecule has 8 heteroatoms. The van der Waals surface area contributed by atoms with Crippen molar-refractivity contribution in [3.05, 3.63) is 70.7 Å². The van der Waals surface area contributed by atoms with Crippen LogP contribution in [0.5, 0.6) is 0 Å². The van der Waals surface area contributed by atoms with Crippen molar-refractivity contribution in [2.45, 2.75) is 13.3 Å². The van der Waals surface area contributed by atoms with Crippen molar-refractivity contribution in [1.29, 1.82) is 0 Å². The van der Waals surface area contributed by atoms with Gasteiger partial charge in [-0.1, -0.05) is 18.2 Å². The highest BCUT2D eigenvalue weighted by Gasteiger charge is 2.14. The molecule has 0 unspecified atom stereocenters. The van der Waals surface area contributed by atoms with Crippen LogP contribution in [0.3, 0.4) is 0 Å². The van der Waals surface area contributed by atoms with Gasteiger partial charge in [-0.05, 0) is 36.8 Å². The lowest BCUT2D eigenvalue weighted by Gasteiger charge is -2.07. The zero-order valence-electron chi connectivity index (χ0n) is 15.0. The number of thiazole rings is 1. The van der Waals surface area contributed by atoms with E-state index in [0.717, 1.165) is 11.8 Å². The lowest BCUT2D eigenvalue weighted by Crippen LogP contribution is -2.36. The summed E-state index contributed by atoms with van der Waals surface area (Å²) < 4.78 is 26.8. The van der Waals surface area contributed by atoms with Crippen LogP contribution in [0.1, 0.15) is 11.3 Å². The van der Waals surface area contributed by atoms with Crippen molar-refractivity contribution in [3.8, 4) is 10.6 Å². The third kappa shape index (κ3) is 4.98. The molecule has 0 saturated heterocycles. The lowest BCUT2D eigenvalue weighted by atomic mass is 10.2. The Kier molecular flexibility index (Phi) is 6.10. The highest BCUT2D eigenvalue weighted by molar-refractivity contribution is 7.13. The number of rotatable bonds is 5. The van der Waals surface area contributed by atoms with E-state index in [2.05, 4.69) is 15.6 Å². The van der Waals surface area contributed by atoms with Gasteiger partial charge in [-0.3, -0.25) is 9.59 Å². The van der Waals surface area contributed by atoms with Crippen molar-refractivity contribution in [3.63, 3.8) is 0 Å². The molecule has 0 atom stereocenters. The Bertz CT molecular complexity index is 1020. The number of hydrogen-bond donors (Lipinski definition) is 2. The van der Waals surface area contributed by atoms with E-state index < -0.39 is 17.6 Å². The third-order valence-corrected chi connectivity index (χ3v) is 4.87. The van der Waals surface area contributed by atoms with Gasteiger partial charge < -0.3 is 10.6 Å². The normalized spacial score (nSPS) is 10.5. The van der Waals surface area contributed by atoms with Crippen LogP contribution in [0.4, 0.5) is 14.5 Å². The number of anilines is 1. The van der Waals surface area contributed by atoms with Crippen molar-refractivity contribution in [2.75, 3.05) is 11.9 Å². The number of benzene rings is 2. The summed E-state index contributed by atoms with van der Waals surface area (Å²) in [5.41, 5.74) is 2.07. The summed E-state index contributed by atoms with van der Waals surface area (Å²) in [5.74, 6) is -2.49. The molecule has 0 saturated carbocycles. The smallest absolute Gasteiger partial charge is 0.313 e. The monoisotopic (exact) mass is 401 g/mol. The van der Waals surface area contributed by atoms with Gasteiger partial charge in [0, 0.05) is 29.6 Å². The third-order valence-electron chi connectivity index (χ3n) is 3.93. The first-order chi connectivity index (χ1) is 13.4. The van der Waals surface area contributed by atoms with Crippen molar-refractivity contribution >= 4 is 28.8 Å². The van der Waals surface area contributed by atoms with Crippen LogP contribution >= 0.6 is 11.3 Å². The summed E-state index contributed by atoms with van der Waals surface area (Å²) in [4.78, 5) is 28.2. The van der Waals surface area contributed by atoms with Gasteiger partial charge in [0.15, 0.2) is 0 Å².